The van der Waals surface area contributed by atoms with Crippen molar-refractivity contribution in [2.45, 2.75) is 19.4 Å². The molecule has 2 heterocycles. The Bertz CT molecular complexity index is 842. The number of aromatic nitrogens is 2. The maximum absolute atomic E-state index is 6.40. The van der Waals surface area contributed by atoms with Crippen molar-refractivity contribution in [3.63, 3.8) is 0 Å². The molecular weight excluding hydrogens is 331 g/mol. The molecule has 0 unspecified atom stereocenters. The number of imidazole rings is 1. The summed E-state index contributed by atoms with van der Waals surface area (Å²) >= 11 is 12.4. The molecule has 4 N–H and O–H groups in total. The fraction of sp³-hybridized carbons (Fsp3) is 0.235. The third-order valence-electron chi connectivity index (χ3n) is 3.95. The van der Waals surface area contributed by atoms with Crippen LogP contribution >= 0.6 is 23.2 Å². The lowest BCUT2D eigenvalue weighted by molar-refractivity contribution is 0.819. The summed E-state index contributed by atoms with van der Waals surface area (Å²) < 4.78 is 2.01. The zero-order valence-electron chi connectivity index (χ0n) is 12.6. The van der Waals surface area contributed by atoms with Gasteiger partial charge in [-0.2, -0.15) is 0 Å². The topological polar surface area (TPSA) is 69.3 Å². The van der Waals surface area contributed by atoms with Crippen molar-refractivity contribution >= 4 is 28.8 Å². The predicted molar refractivity (Wildman–Crippen MR) is 95.9 cm³/mol. The van der Waals surface area contributed by atoms with Gasteiger partial charge < -0.3 is 15.9 Å². The highest BCUT2D eigenvalue weighted by atomic mass is 35.5. The Morgan fingerprint density at radius 3 is 2.61 bits per heavy atom. The van der Waals surface area contributed by atoms with E-state index in [0.29, 0.717) is 23.1 Å². The molecule has 0 radical (unpaired) electrons. The van der Waals surface area contributed by atoms with Gasteiger partial charge in [0.2, 0.25) is 0 Å². The van der Waals surface area contributed by atoms with Crippen molar-refractivity contribution in [3.8, 4) is 11.1 Å². The van der Waals surface area contributed by atoms with Crippen molar-refractivity contribution < 1.29 is 0 Å². The molecule has 4 nitrogen and oxygen atoms in total. The highest BCUT2D eigenvalue weighted by Crippen LogP contribution is 2.35. The first-order valence-electron chi connectivity index (χ1n) is 7.48. The van der Waals surface area contributed by atoms with E-state index in [1.807, 2.05) is 28.9 Å². The number of hydrogen-bond donors (Lipinski definition) is 2. The molecule has 1 aromatic carbocycles. The van der Waals surface area contributed by atoms with Crippen LogP contribution in [0.3, 0.4) is 0 Å². The molecule has 0 fully saturated rings. The van der Waals surface area contributed by atoms with Crippen molar-refractivity contribution in [1.82, 2.24) is 9.38 Å². The minimum Gasteiger partial charge on any atom is -0.330 e. The van der Waals surface area contributed by atoms with Crippen LogP contribution < -0.4 is 11.5 Å². The molecule has 3 aromatic rings. The van der Waals surface area contributed by atoms with Crippen LogP contribution in [-0.4, -0.2) is 15.9 Å². The molecule has 0 spiro atoms. The van der Waals surface area contributed by atoms with Crippen molar-refractivity contribution in [3.05, 3.63) is 58.0 Å². The SMILES string of the molecule is NCCCc1c(CN)c(-c2ccc(Cl)cc2Cl)cn2ccnc12. The van der Waals surface area contributed by atoms with Gasteiger partial charge in [-0.1, -0.05) is 29.3 Å². The Morgan fingerprint density at radius 1 is 1.09 bits per heavy atom. The van der Waals surface area contributed by atoms with Gasteiger partial charge in [-0.15, -0.1) is 0 Å². The molecule has 3 rings (SSSR count). The first-order valence-corrected chi connectivity index (χ1v) is 8.24. The second-order valence-electron chi connectivity index (χ2n) is 5.38. The van der Waals surface area contributed by atoms with Gasteiger partial charge in [-0.25, -0.2) is 4.98 Å². The molecule has 0 aliphatic carbocycles. The largest absolute Gasteiger partial charge is 0.330 e. The summed E-state index contributed by atoms with van der Waals surface area (Å²) in [6, 6.07) is 5.51. The molecule has 0 aliphatic rings. The molecule has 6 heteroatoms. The van der Waals surface area contributed by atoms with E-state index in [-0.39, 0.29) is 0 Å². The molecule has 23 heavy (non-hydrogen) atoms. The van der Waals surface area contributed by atoms with E-state index in [1.54, 1.807) is 12.3 Å². The van der Waals surface area contributed by atoms with Crippen LogP contribution in [0.15, 0.2) is 36.8 Å². The van der Waals surface area contributed by atoms with Gasteiger partial charge in [0.1, 0.15) is 5.65 Å². The molecule has 0 atom stereocenters. The zero-order valence-corrected chi connectivity index (χ0v) is 14.1. The number of nitrogens with two attached hydrogens (primary N) is 2. The average molecular weight is 349 g/mol. The Labute approximate surface area is 145 Å². The van der Waals surface area contributed by atoms with Crippen LogP contribution in [0, 0.1) is 0 Å². The minimum absolute atomic E-state index is 0.414. The van der Waals surface area contributed by atoms with Crippen molar-refractivity contribution in [2.24, 2.45) is 11.5 Å². The lowest BCUT2D eigenvalue weighted by Gasteiger charge is -2.16. The van der Waals surface area contributed by atoms with Gasteiger partial charge in [0.25, 0.3) is 0 Å². The predicted octanol–water partition coefficient (Wildman–Crippen LogP) is 3.66. The molecule has 2 aromatic heterocycles. The maximum atomic E-state index is 6.40. The van der Waals surface area contributed by atoms with E-state index in [2.05, 4.69) is 4.98 Å². The maximum Gasteiger partial charge on any atom is 0.140 e. The third kappa shape index (κ3) is 3.08. The van der Waals surface area contributed by atoms with Gasteiger partial charge in [0.05, 0.1) is 0 Å². The number of aryl methyl sites for hydroxylation is 1. The van der Waals surface area contributed by atoms with E-state index in [9.17, 15) is 0 Å². The zero-order chi connectivity index (χ0) is 16.4. The number of halogens is 2. The second-order valence-corrected chi connectivity index (χ2v) is 6.22. The summed E-state index contributed by atoms with van der Waals surface area (Å²) in [6.07, 6.45) is 7.45. The fourth-order valence-corrected chi connectivity index (χ4v) is 3.39. The first-order chi connectivity index (χ1) is 11.2. The molecule has 0 aliphatic heterocycles. The standard InChI is InChI=1S/C17H18Cl2N4/c18-11-3-4-12(16(19)8-11)15-10-23-7-6-22-17(23)13(2-1-5-20)14(15)9-21/h3-4,6-8,10H,1-2,5,9,20-21H2. The highest BCUT2D eigenvalue weighted by Gasteiger charge is 2.16. The Kier molecular flexibility index (Phi) is 4.87. The summed E-state index contributed by atoms with van der Waals surface area (Å²) in [5.41, 5.74) is 16.8. The normalized spacial score (nSPS) is 11.3. The average Bonchev–Trinajstić information content (AvgIpc) is 3.00. The number of benzene rings is 1. The van der Waals surface area contributed by atoms with E-state index in [1.165, 1.54) is 0 Å². The number of pyridine rings is 1. The number of fused-ring (bicyclic) bond motifs is 1. The number of nitrogens with zero attached hydrogens (tertiary/aromatic N) is 2. The number of rotatable bonds is 5. The Morgan fingerprint density at radius 2 is 1.91 bits per heavy atom. The first kappa shape index (κ1) is 16.3. The summed E-state index contributed by atoms with van der Waals surface area (Å²) in [5.74, 6) is 0. The summed E-state index contributed by atoms with van der Waals surface area (Å²) in [5, 5.41) is 1.22. The lowest BCUT2D eigenvalue weighted by atomic mass is 9.95. The van der Waals surface area contributed by atoms with Crippen LogP contribution in [0.5, 0.6) is 0 Å². The van der Waals surface area contributed by atoms with Gasteiger partial charge in [-0.05, 0) is 37.1 Å². The third-order valence-corrected chi connectivity index (χ3v) is 4.50. The van der Waals surface area contributed by atoms with Crippen molar-refractivity contribution in [2.75, 3.05) is 6.54 Å². The molecule has 120 valence electrons. The summed E-state index contributed by atoms with van der Waals surface area (Å²) in [6.45, 7) is 1.04. The molecule has 0 amide bonds. The highest BCUT2D eigenvalue weighted by molar-refractivity contribution is 6.36. The van der Waals surface area contributed by atoms with E-state index < -0.39 is 0 Å². The summed E-state index contributed by atoms with van der Waals surface area (Å²) in [7, 11) is 0. The van der Waals surface area contributed by atoms with Crippen LogP contribution in [-0.2, 0) is 13.0 Å². The molecule has 0 saturated heterocycles. The van der Waals surface area contributed by atoms with Gasteiger partial charge in [0.15, 0.2) is 0 Å². The Balaban J connectivity index is 2.27. The molecule has 0 saturated carbocycles. The van der Waals surface area contributed by atoms with Crippen LogP contribution in [0.25, 0.3) is 16.8 Å². The molecule has 0 bridgehead atoms. The van der Waals surface area contributed by atoms with Gasteiger partial charge in [0, 0.05) is 51.9 Å². The van der Waals surface area contributed by atoms with E-state index in [4.69, 9.17) is 34.7 Å². The fourth-order valence-electron chi connectivity index (χ4n) is 2.88. The van der Waals surface area contributed by atoms with Gasteiger partial charge in [-0.3, -0.25) is 0 Å². The van der Waals surface area contributed by atoms with Gasteiger partial charge >= 0.3 is 0 Å². The monoisotopic (exact) mass is 348 g/mol. The quantitative estimate of drug-likeness (QED) is 0.739. The lowest BCUT2D eigenvalue weighted by Crippen LogP contribution is -2.10. The molecular formula is C17H18Cl2N4. The van der Waals surface area contributed by atoms with Crippen LogP contribution in [0.2, 0.25) is 10.0 Å². The van der Waals surface area contributed by atoms with Crippen LogP contribution in [0.4, 0.5) is 0 Å². The van der Waals surface area contributed by atoms with Crippen LogP contribution in [0.1, 0.15) is 17.5 Å². The van der Waals surface area contributed by atoms with E-state index >= 15 is 0 Å². The van der Waals surface area contributed by atoms with Crippen molar-refractivity contribution in [1.29, 1.82) is 0 Å². The minimum atomic E-state index is 0.414. The summed E-state index contributed by atoms with van der Waals surface area (Å²) in [4.78, 5) is 4.46. The second kappa shape index (κ2) is 6.89. The smallest absolute Gasteiger partial charge is 0.140 e. The number of hydrogen-bond acceptors (Lipinski definition) is 3. The van der Waals surface area contributed by atoms with E-state index in [0.717, 1.165) is 40.7 Å². The Hall–Kier alpha value is -1.59.